The van der Waals surface area contributed by atoms with Crippen LogP contribution in [0.5, 0.6) is 0 Å². The van der Waals surface area contributed by atoms with Crippen molar-refractivity contribution in [2.75, 3.05) is 12.4 Å². The molecular formula is C17H17Cl2FN6S. The van der Waals surface area contributed by atoms with Gasteiger partial charge >= 0.3 is 0 Å². The first-order chi connectivity index (χ1) is 12.8. The molecule has 0 spiro atoms. The number of thiocarbonyl (C=S) groups is 1. The lowest BCUT2D eigenvalue weighted by atomic mass is 10.2. The topological polar surface area (TPSA) is 50.9 Å². The fraction of sp³-hybridized carbons (Fsp3) is 0.235. The molecule has 0 radical (unpaired) electrons. The van der Waals surface area contributed by atoms with E-state index < -0.39 is 0 Å². The van der Waals surface area contributed by atoms with Crippen LogP contribution in [0.15, 0.2) is 36.7 Å². The molecule has 142 valence electrons. The van der Waals surface area contributed by atoms with Crippen molar-refractivity contribution < 1.29 is 4.39 Å². The average molecular weight is 427 g/mol. The molecule has 0 atom stereocenters. The van der Waals surface area contributed by atoms with Gasteiger partial charge in [-0.25, -0.2) is 4.39 Å². The summed E-state index contributed by atoms with van der Waals surface area (Å²) in [5, 5.41) is 12.9. The van der Waals surface area contributed by atoms with Gasteiger partial charge in [0.1, 0.15) is 5.82 Å². The van der Waals surface area contributed by atoms with Crippen molar-refractivity contribution in [3.8, 4) is 0 Å². The zero-order valence-electron chi connectivity index (χ0n) is 14.7. The van der Waals surface area contributed by atoms with E-state index in [4.69, 9.17) is 35.4 Å². The largest absolute Gasteiger partial charge is 0.346 e. The highest BCUT2D eigenvalue weighted by Gasteiger charge is 2.13. The molecule has 2 heterocycles. The second-order valence-electron chi connectivity index (χ2n) is 5.95. The second kappa shape index (κ2) is 8.24. The second-order valence-corrected chi connectivity index (χ2v) is 7.15. The van der Waals surface area contributed by atoms with Crippen molar-refractivity contribution in [2.45, 2.75) is 13.1 Å². The maximum Gasteiger partial charge on any atom is 0.174 e. The van der Waals surface area contributed by atoms with Crippen LogP contribution < -0.4 is 5.32 Å². The summed E-state index contributed by atoms with van der Waals surface area (Å²) in [5.74, 6) is 0.186. The number of benzene rings is 1. The van der Waals surface area contributed by atoms with E-state index in [1.54, 1.807) is 40.0 Å². The first-order valence-electron chi connectivity index (χ1n) is 8.00. The number of aryl methyl sites for hydroxylation is 1. The Kier molecular flexibility index (Phi) is 5.98. The van der Waals surface area contributed by atoms with Crippen LogP contribution in [0.3, 0.4) is 0 Å². The summed E-state index contributed by atoms with van der Waals surface area (Å²) in [6, 6.07) is 6.35. The molecule has 0 aliphatic heterocycles. The number of halogens is 3. The molecule has 3 rings (SSSR count). The average Bonchev–Trinajstić information content (AvgIpc) is 3.19. The number of hydrogen-bond acceptors (Lipinski definition) is 3. The van der Waals surface area contributed by atoms with Crippen LogP contribution in [0.25, 0.3) is 0 Å². The lowest BCUT2D eigenvalue weighted by Gasteiger charge is -2.20. The SMILES string of the molecule is CN(Cc1c(Cl)cnn1C)C(=S)Nc1ccn(Cc2c(F)cccc2Cl)n1. The van der Waals surface area contributed by atoms with E-state index in [0.29, 0.717) is 33.1 Å². The number of nitrogens with zero attached hydrogens (tertiary/aromatic N) is 5. The highest BCUT2D eigenvalue weighted by molar-refractivity contribution is 7.80. The predicted molar refractivity (Wildman–Crippen MR) is 109 cm³/mol. The summed E-state index contributed by atoms with van der Waals surface area (Å²) in [6.07, 6.45) is 3.32. The van der Waals surface area contributed by atoms with Crippen molar-refractivity contribution in [1.29, 1.82) is 0 Å². The molecule has 0 saturated carbocycles. The molecular weight excluding hydrogens is 410 g/mol. The first kappa shape index (κ1) is 19.6. The van der Waals surface area contributed by atoms with Crippen LogP contribution in [0.2, 0.25) is 10.0 Å². The third-order valence-electron chi connectivity index (χ3n) is 4.00. The standard InChI is InChI=1S/C17H17Cl2FN6S/c1-24(10-15-13(19)8-21-25(15)2)17(27)22-16-6-7-26(23-16)9-11-12(18)4-3-5-14(11)20/h3-8H,9-10H2,1-2H3,(H,22,23,27). The van der Waals surface area contributed by atoms with Crippen molar-refractivity contribution in [3.63, 3.8) is 0 Å². The summed E-state index contributed by atoms with van der Waals surface area (Å²) in [5.41, 5.74) is 1.24. The molecule has 6 nitrogen and oxygen atoms in total. The molecule has 0 fully saturated rings. The van der Waals surface area contributed by atoms with Gasteiger partial charge in [0.25, 0.3) is 0 Å². The monoisotopic (exact) mass is 426 g/mol. The summed E-state index contributed by atoms with van der Waals surface area (Å²) in [7, 11) is 3.66. The molecule has 0 aliphatic carbocycles. The van der Waals surface area contributed by atoms with E-state index >= 15 is 0 Å². The van der Waals surface area contributed by atoms with Gasteiger partial charge in [0.15, 0.2) is 10.9 Å². The normalized spacial score (nSPS) is 10.9. The molecule has 10 heteroatoms. The first-order valence-corrected chi connectivity index (χ1v) is 9.16. The van der Waals surface area contributed by atoms with Crippen LogP contribution in [-0.2, 0) is 20.1 Å². The van der Waals surface area contributed by atoms with Crippen molar-refractivity contribution in [1.82, 2.24) is 24.5 Å². The maximum atomic E-state index is 13.9. The Labute approximate surface area is 171 Å². The molecule has 2 aromatic heterocycles. The van der Waals surface area contributed by atoms with E-state index in [1.165, 1.54) is 6.07 Å². The van der Waals surface area contributed by atoms with Crippen LogP contribution in [0.4, 0.5) is 10.2 Å². The van der Waals surface area contributed by atoms with Gasteiger partial charge in [0.2, 0.25) is 0 Å². The third-order valence-corrected chi connectivity index (χ3v) is 5.09. The van der Waals surface area contributed by atoms with E-state index in [1.807, 2.05) is 19.0 Å². The Balaban J connectivity index is 1.64. The van der Waals surface area contributed by atoms with Gasteiger partial charge in [-0.15, -0.1) is 0 Å². The maximum absolute atomic E-state index is 13.9. The van der Waals surface area contributed by atoms with E-state index in [9.17, 15) is 4.39 Å². The number of nitrogens with one attached hydrogen (secondary N) is 1. The fourth-order valence-electron chi connectivity index (χ4n) is 2.48. The predicted octanol–water partition coefficient (Wildman–Crippen LogP) is 3.94. The Hall–Kier alpha value is -2.16. The van der Waals surface area contributed by atoms with Crippen molar-refractivity contribution in [2.24, 2.45) is 7.05 Å². The summed E-state index contributed by atoms with van der Waals surface area (Å²) in [4.78, 5) is 1.82. The summed E-state index contributed by atoms with van der Waals surface area (Å²) >= 11 is 17.6. The zero-order chi connectivity index (χ0) is 19.6. The summed E-state index contributed by atoms with van der Waals surface area (Å²) < 4.78 is 17.2. The minimum absolute atomic E-state index is 0.223. The Bertz CT molecular complexity index is 930. The number of aromatic nitrogens is 4. The van der Waals surface area contributed by atoms with Crippen LogP contribution >= 0.6 is 35.4 Å². The quantitative estimate of drug-likeness (QED) is 0.626. The molecule has 0 aliphatic rings. The highest BCUT2D eigenvalue weighted by Crippen LogP contribution is 2.20. The molecule has 1 aromatic carbocycles. The minimum atomic E-state index is -0.365. The summed E-state index contributed by atoms with van der Waals surface area (Å²) in [6.45, 7) is 0.715. The Morgan fingerprint density at radius 3 is 2.74 bits per heavy atom. The Morgan fingerprint density at radius 2 is 2.07 bits per heavy atom. The molecule has 1 N–H and O–H groups in total. The molecule has 0 unspecified atom stereocenters. The van der Waals surface area contributed by atoms with Crippen LogP contribution in [0.1, 0.15) is 11.3 Å². The van der Waals surface area contributed by atoms with E-state index in [0.717, 1.165) is 5.69 Å². The van der Waals surface area contributed by atoms with Gasteiger partial charge in [-0.05, 0) is 24.4 Å². The number of anilines is 1. The van der Waals surface area contributed by atoms with Gasteiger partial charge in [0, 0.05) is 36.9 Å². The molecule has 3 aromatic rings. The number of hydrogen-bond donors (Lipinski definition) is 1. The zero-order valence-corrected chi connectivity index (χ0v) is 17.0. The molecule has 27 heavy (non-hydrogen) atoms. The lowest BCUT2D eigenvalue weighted by Crippen LogP contribution is -2.31. The molecule has 0 amide bonds. The van der Waals surface area contributed by atoms with Gasteiger partial charge in [-0.2, -0.15) is 10.2 Å². The van der Waals surface area contributed by atoms with Crippen LogP contribution in [0, 0.1) is 5.82 Å². The van der Waals surface area contributed by atoms with Gasteiger partial charge < -0.3 is 10.2 Å². The Morgan fingerprint density at radius 1 is 1.30 bits per heavy atom. The van der Waals surface area contributed by atoms with E-state index in [-0.39, 0.29) is 12.4 Å². The van der Waals surface area contributed by atoms with Gasteiger partial charge in [0.05, 0.1) is 30.0 Å². The third kappa shape index (κ3) is 4.58. The van der Waals surface area contributed by atoms with Crippen molar-refractivity contribution in [3.05, 3.63) is 63.8 Å². The smallest absolute Gasteiger partial charge is 0.174 e. The van der Waals surface area contributed by atoms with Gasteiger partial charge in [-0.1, -0.05) is 29.3 Å². The van der Waals surface area contributed by atoms with E-state index in [2.05, 4.69) is 15.5 Å². The minimum Gasteiger partial charge on any atom is -0.346 e. The fourth-order valence-corrected chi connectivity index (χ4v) is 3.09. The molecule has 0 bridgehead atoms. The van der Waals surface area contributed by atoms with Gasteiger partial charge in [-0.3, -0.25) is 9.36 Å². The number of rotatable bonds is 5. The van der Waals surface area contributed by atoms with Crippen LogP contribution in [-0.4, -0.2) is 36.6 Å². The highest BCUT2D eigenvalue weighted by atomic mass is 35.5. The van der Waals surface area contributed by atoms with Crippen molar-refractivity contribution >= 4 is 46.4 Å². The molecule has 0 saturated heterocycles. The lowest BCUT2D eigenvalue weighted by molar-refractivity contribution is 0.482.